The molecule has 20 heavy (non-hydrogen) atoms. The van der Waals surface area contributed by atoms with Gasteiger partial charge in [0, 0.05) is 22.6 Å². The van der Waals surface area contributed by atoms with Gasteiger partial charge in [-0.2, -0.15) is 0 Å². The molecular weight excluding hydrogens is 314 g/mol. The van der Waals surface area contributed by atoms with Crippen molar-refractivity contribution in [3.05, 3.63) is 27.7 Å². The Labute approximate surface area is 131 Å². The second kappa shape index (κ2) is 6.48. The number of aryl methyl sites for hydroxylation is 1. The van der Waals surface area contributed by atoms with Gasteiger partial charge in [-0.15, -0.1) is 0 Å². The summed E-state index contributed by atoms with van der Waals surface area (Å²) in [4.78, 5) is 0. The van der Waals surface area contributed by atoms with Crippen molar-refractivity contribution in [1.82, 2.24) is 5.32 Å². The average Bonchev–Trinajstić information content (AvgIpc) is 3.11. The molecule has 1 N–H and O–H groups in total. The third-order valence-corrected chi connectivity index (χ3v) is 4.03. The number of hydrogen-bond acceptors (Lipinski definition) is 2. The highest BCUT2D eigenvalue weighted by atomic mass is 79.9. The Morgan fingerprint density at radius 1 is 1.30 bits per heavy atom. The predicted molar refractivity (Wildman–Crippen MR) is 88.3 cm³/mol. The number of hydrogen-bond donors (Lipinski definition) is 1. The number of ether oxygens (including phenoxy) is 1. The fraction of sp³-hybridized carbons (Fsp3) is 0.647. The van der Waals surface area contributed by atoms with Gasteiger partial charge in [-0.25, -0.2) is 0 Å². The summed E-state index contributed by atoms with van der Waals surface area (Å²) in [6.07, 6.45) is 3.69. The van der Waals surface area contributed by atoms with E-state index in [2.05, 4.69) is 61.1 Å². The molecule has 0 amide bonds. The highest BCUT2D eigenvalue weighted by Crippen LogP contribution is 2.30. The summed E-state index contributed by atoms with van der Waals surface area (Å²) >= 11 is 3.59. The third-order valence-electron chi connectivity index (χ3n) is 3.57. The largest absolute Gasteiger partial charge is 0.493 e. The molecule has 1 aromatic carbocycles. The van der Waals surface area contributed by atoms with E-state index in [1.807, 2.05) is 0 Å². The predicted octanol–water partition coefficient (Wildman–Crippen LogP) is 4.82. The quantitative estimate of drug-likeness (QED) is 0.801. The minimum absolute atomic E-state index is 0.315. The zero-order chi connectivity index (χ0) is 14.8. The molecule has 1 fully saturated rings. The third kappa shape index (κ3) is 5.10. The van der Waals surface area contributed by atoms with Gasteiger partial charge in [0.25, 0.3) is 0 Å². The molecule has 1 aliphatic carbocycles. The smallest absolute Gasteiger partial charge is 0.126 e. The lowest BCUT2D eigenvalue weighted by molar-refractivity contribution is 0.240. The first-order valence-electron chi connectivity index (χ1n) is 7.50. The fourth-order valence-electron chi connectivity index (χ4n) is 2.14. The van der Waals surface area contributed by atoms with Crippen LogP contribution in [0.25, 0.3) is 0 Å². The first kappa shape index (κ1) is 15.8. The molecule has 0 aromatic heterocycles. The van der Waals surface area contributed by atoms with Crippen LogP contribution in [-0.4, -0.2) is 12.6 Å². The van der Waals surface area contributed by atoms with Crippen LogP contribution in [-0.2, 0) is 6.54 Å². The topological polar surface area (TPSA) is 21.3 Å². The Morgan fingerprint density at radius 2 is 2.00 bits per heavy atom. The van der Waals surface area contributed by atoms with Gasteiger partial charge in [0.15, 0.2) is 0 Å². The Bertz CT molecular complexity index is 461. The van der Waals surface area contributed by atoms with Crippen molar-refractivity contribution in [3.8, 4) is 5.75 Å². The van der Waals surface area contributed by atoms with E-state index in [1.54, 1.807) is 0 Å². The van der Waals surface area contributed by atoms with Crippen LogP contribution in [0.1, 0.15) is 51.2 Å². The molecule has 0 heterocycles. The van der Waals surface area contributed by atoms with Gasteiger partial charge >= 0.3 is 0 Å². The van der Waals surface area contributed by atoms with E-state index in [9.17, 15) is 0 Å². The van der Waals surface area contributed by atoms with Crippen LogP contribution in [0.3, 0.4) is 0 Å². The van der Waals surface area contributed by atoms with Gasteiger partial charge in [-0.3, -0.25) is 0 Å². The van der Waals surface area contributed by atoms with Crippen LogP contribution in [0.2, 0.25) is 0 Å². The maximum absolute atomic E-state index is 6.09. The highest BCUT2D eigenvalue weighted by molar-refractivity contribution is 9.10. The Hall–Kier alpha value is -0.540. The molecule has 0 aliphatic heterocycles. The summed E-state index contributed by atoms with van der Waals surface area (Å²) in [6, 6.07) is 5.03. The van der Waals surface area contributed by atoms with Gasteiger partial charge in [0.05, 0.1) is 6.61 Å². The molecule has 1 saturated carbocycles. The maximum Gasteiger partial charge on any atom is 0.126 e. The molecular formula is C17H26BrNO. The zero-order valence-electron chi connectivity index (χ0n) is 13.1. The molecule has 0 radical (unpaired) electrons. The van der Waals surface area contributed by atoms with Crippen molar-refractivity contribution in [3.63, 3.8) is 0 Å². The second-order valence-electron chi connectivity index (χ2n) is 7.03. The van der Waals surface area contributed by atoms with Crippen molar-refractivity contribution in [2.24, 2.45) is 5.41 Å². The highest BCUT2D eigenvalue weighted by Gasteiger charge is 2.21. The second-order valence-corrected chi connectivity index (χ2v) is 7.94. The Balaban J connectivity index is 2.03. The number of nitrogens with one attached hydrogen (secondary N) is 1. The first-order chi connectivity index (χ1) is 9.35. The van der Waals surface area contributed by atoms with Crippen LogP contribution in [0.4, 0.5) is 0 Å². The summed E-state index contributed by atoms with van der Waals surface area (Å²) < 4.78 is 7.22. The van der Waals surface area contributed by atoms with Crippen molar-refractivity contribution in [2.45, 2.75) is 59.5 Å². The molecule has 1 aromatic rings. The van der Waals surface area contributed by atoms with Crippen molar-refractivity contribution < 1.29 is 4.74 Å². The average molecular weight is 340 g/mol. The summed E-state index contributed by atoms with van der Waals surface area (Å²) in [5, 5.41) is 3.57. The molecule has 3 heteroatoms. The normalized spacial score (nSPS) is 15.4. The lowest BCUT2D eigenvalue weighted by Gasteiger charge is -2.20. The minimum atomic E-state index is 0.315. The maximum atomic E-state index is 6.09. The number of rotatable bonds is 6. The minimum Gasteiger partial charge on any atom is -0.493 e. The van der Waals surface area contributed by atoms with E-state index >= 15 is 0 Å². The van der Waals surface area contributed by atoms with Crippen LogP contribution >= 0.6 is 15.9 Å². The Kier molecular flexibility index (Phi) is 5.14. The lowest BCUT2D eigenvalue weighted by atomic mass is 9.93. The van der Waals surface area contributed by atoms with Gasteiger partial charge in [0.2, 0.25) is 0 Å². The standard InChI is InChI=1S/C17H26BrNO/c1-12-9-14(18)10-13(11-19-15-5-6-15)16(12)20-8-7-17(2,3)4/h9-10,15,19H,5-8,11H2,1-4H3. The van der Waals surface area contributed by atoms with E-state index in [-0.39, 0.29) is 0 Å². The van der Waals surface area contributed by atoms with Crippen LogP contribution in [0, 0.1) is 12.3 Å². The molecule has 2 rings (SSSR count). The van der Waals surface area contributed by atoms with Crippen molar-refractivity contribution in [2.75, 3.05) is 6.61 Å². The molecule has 0 bridgehead atoms. The lowest BCUT2D eigenvalue weighted by Crippen LogP contribution is -2.17. The van der Waals surface area contributed by atoms with E-state index in [0.29, 0.717) is 5.41 Å². The van der Waals surface area contributed by atoms with Crippen LogP contribution < -0.4 is 10.1 Å². The summed E-state index contributed by atoms with van der Waals surface area (Å²) in [5.41, 5.74) is 2.79. The van der Waals surface area contributed by atoms with E-state index < -0.39 is 0 Å². The van der Waals surface area contributed by atoms with Crippen molar-refractivity contribution >= 4 is 15.9 Å². The van der Waals surface area contributed by atoms with Gasteiger partial charge in [-0.1, -0.05) is 36.7 Å². The van der Waals surface area contributed by atoms with Gasteiger partial charge in [0.1, 0.15) is 5.75 Å². The molecule has 2 nitrogen and oxygen atoms in total. The van der Waals surface area contributed by atoms with Crippen LogP contribution in [0.15, 0.2) is 16.6 Å². The van der Waals surface area contributed by atoms with Gasteiger partial charge < -0.3 is 10.1 Å². The number of halogens is 1. The van der Waals surface area contributed by atoms with Crippen molar-refractivity contribution in [1.29, 1.82) is 0 Å². The van der Waals surface area contributed by atoms with E-state index in [4.69, 9.17) is 4.74 Å². The summed E-state index contributed by atoms with van der Waals surface area (Å²) in [6.45, 7) is 10.6. The Morgan fingerprint density at radius 3 is 2.60 bits per heavy atom. The SMILES string of the molecule is Cc1cc(Br)cc(CNC2CC2)c1OCCC(C)(C)C. The molecule has 112 valence electrons. The summed E-state index contributed by atoms with van der Waals surface area (Å²) in [7, 11) is 0. The van der Waals surface area contributed by atoms with Crippen LogP contribution in [0.5, 0.6) is 5.75 Å². The molecule has 0 unspecified atom stereocenters. The first-order valence-corrected chi connectivity index (χ1v) is 8.30. The number of benzene rings is 1. The van der Waals surface area contributed by atoms with Gasteiger partial charge in [-0.05, 0) is 49.3 Å². The zero-order valence-corrected chi connectivity index (χ0v) is 14.6. The van der Waals surface area contributed by atoms with E-state index in [1.165, 1.54) is 24.0 Å². The molecule has 1 aliphatic rings. The molecule has 0 atom stereocenters. The monoisotopic (exact) mass is 339 g/mol. The fourth-order valence-corrected chi connectivity index (χ4v) is 2.76. The molecule has 0 saturated heterocycles. The van der Waals surface area contributed by atoms with E-state index in [0.717, 1.165) is 35.8 Å². The molecule has 0 spiro atoms. The summed E-state index contributed by atoms with van der Waals surface area (Å²) in [5.74, 6) is 1.06.